The molecule has 1 aromatic carbocycles. The minimum atomic E-state index is -0.371. The van der Waals surface area contributed by atoms with Crippen molar-refractivity contribution >= 4 is 39.5 Å². The van der Waals surface area contributed by atoms with Gasteiger partial charge < -0.3 is 13.9 Å². The monoisotopic (exact) mass is 346 g/mol. The van der Waals surface area contributed by atoms with Crippen LogP contribution in [0.25, 0.3) is 11.0 Å². The predicted octanol–water partition coefficient (Wildman–Crippen LogP) is 3.22. The zero-order valence-corrected chi connectivity index (χ0v) is 11.6. The molecule has 4 nitrogen and oxygen atoms in total. The van der Waals surface area contributed by atoms with E-state index in [1.165, 1.54) is 0 Å². The molecule has 0 aliphatic rings. The number of fused-ring (bicyclic) bond motifs is 1. The van der Waals surface area contributed by atoms with E-state index in [1.54, 1.807) is 32.2 Å². The first-order valence-electron chi connectivity index (χ1n) is 5.10. The van der Waals surface area contributed by atoms with Crippen LogP contribution in [0.4, 0.5) is 0 Å². The van der Waals surface area contributed by atoms with E-state index in [2.05, 4.69) is 0 Å². The highest BCUT2D eigenvalue weighted by Crippen LogP contribution is 2.30. The van der Waals surface area contributed by atoms with Gasteiger partial charge >= 0.3 is 5.97 Å². The van der Waals surface area contributed by atoms with Crippen molar-refractivity contribution in [3.63, 3.8) is 0 Å². The number of halogens is 1. The molecule has 5 heteroatoms. The summed E-state index contributed by atoms with van der Waals surface area (Å²) < 4.78 is 16.2. The molecule has 0 amide bonds. The number of rotatable bonds is 3. The zero-order chi connectivity index (χ0) is 12.4. The molecule has 1 aromatic heterocycles. The van der Waals surface area contributed by atoms with Crippen LogP contribution in [0.15, 0.2) is 22.6 Å². The quantitative estimate of drug-likeness (QED) is 0.633. The summed E-state index contributed by atoms with van der Waals surface area (Å²) in [4.78, 5) is 11.8. The largest absolute Gasteiger partial charge is 0.497 e. The molecule has 0 bridgehead atoms. The van der Waals surface area contributed by atoms with Gasteiger partial charge in [0.25, 0.3) is 0 Å². The topological polar surface area (TPSA) is 48.7 Å². The molecule has 1 heterocycles. The molecule has 0 N–H and O–H groups in total. The maximum absolute atomic E-state index is 11.8. The summed E-state index contributed by atoms with van der Waals surface area (Å²) in [6, 6.07) is 5.34. The zero-order valence-electron chi connectivity index (χ0n) is 9.45. The Morgan fingerprint density at radius 1 is 1.47 bits per heavy atom. The molecule has 0 radical (unpaired) electrons. The number of hydrogen-bond acceptors (Lipinski definition) is 4. The van der Waals surface area contributed by atoms with E-state index in [9.17, 15) is 4.79 Å². The van der Waals surface area contributed by atoms with Gasteiger partial charge in [-0.2, -0.15) is 0 Å². The molecule has 0 saturated carbocycles. The second-order valence-corrected chi connectivity index (χ2v) is 4.31. The summed E-state index contributed by atoms with van der Waals surface area (Å²) >= 11 is 1.98. The molecule has 0 aliphatic carbocycles. The van der Waals surface area contributed by atoms with Gasteiger partial charge in [-0.15, -0.1) is 0 Å². The van der Waals surface area contributed by atoms with Gasteiger partial charge in [0.15, 0.2) is 3.77 Å². The summed E-state index contributed by atoms with van der Waals surface area (Å²) in [6.45, 7) is 2.11. The fraction of sp³-hybridized carbons (Fsp3) is 0.250. The number of furan rings is 1. The van der Waals surface area contributed by atoms with Crippen LogP contribution in [0.1, 0.15) is 17.3 Å². The van der Waals surface area contributed by atoms with E-state index in [1.807, 2.05) is 22.6 Å². The average Bonchev–Trinajstić information content (AvgIpc) is 2.64. The number of carbonyl (C=O) groups is 1. The lowest BCUT2D eigenvalue weighted by Crippen LogP contribution is -2.05. The number of esters is 1. The van der Waals surface area contributed by atoms with E-state index in [4.69, 9.17) is 13.9 Å². The van der Waals surface area contributed by atoms with Crippen LogP contribution in [0.3, 0.4) is 0 Å². The molecular formula is C12H11IO4. The number of carbonyl (C=O) groups excluding carboxylic acids is 1. The summed E-state index contributed by atoms with van der Waals surface area (Å²) in [6.07, 6.45) is 0. The first kappa shape index (κ1) is 12.2. The van der Waals surface area contributed by atoms with Crippen molar-refractivity contribution in [3.8, 4) is 5.75 Å². The van der Waals surface area contributed by atoms with E-state index < -0.39 is 0 Å². The summed E-state index contributed by atoms with van der Waals surface area (Å²) in [5, 5.41) is 0.715. The maximum Gasteiger partial charge on any atom is 0.343 e. The van der Waals surface area contributed by atoms with Crippen LogP contribution < -0.4 is 4.74 Å². The van der Waals surface area contributed by atoms with Crippen molar-refractivity contribution in [1.82, 2.24) is 0 Å². The molecule has 0 saturated heterocycles. The molecule has 17 heavy (non-hydrogen) atoms. The van der Waals surface area contributed by atoms with Gasteiger partial charge in [-0.25, -0.2) is 4.79 Å². The summed E-state index contributed by atoms with van der Waals surface area (Å²) in [5.41, 5.74) is 1.11. The van der Waals surface area contributed by atoms with E-state index in [0.29, 0.717) is 32.7 Å². The van der Waals surface area contributed by atoms with Gasteiger partial charge in [0.05, 0.1) is 13.7 Å². The highest BCUT2D eigenvalue weighted by atomic mass is 127. The molecule has 0 aliphatic heterocycles. The number of methoxy groups -OCH3 is 1. The highest BCUT2D eigenvalue weighted by Gasteiger charge is 2.20. The Bertz CT molecular complexity index is 559. The predicted molar refractivity (Wildman–Crippen MR) is 71.4 cm³/mol. The maximum atomic E-state index is 11.8. The molecule has 90 valence electrons. The summed E-state index contributed by atoms with van der Waals surface area (Å²) in [5.74, 6) is 0.309. The Morgan fingerprint density at radius 3 is 2.88 bits per heavy atom. The van der Waals surface area contributed by atoms with Gasteiger partial charge in [0, 0.05) is 28.0 Å². The Labute approximate surface area is 112 Å². The normalized spacial score (nSPS) is 10.5. The van der Waals surface area contributed by atoms with E-state index >= 15 is 0 Å². The first-order valence-corrected chi connectivity index (χ1v) is 6.18. The van der Waals surface area contributed by atoms with Crippen molar-refractivity contribution in [1.29, 1.82) is 0 Å². The Kier molecular flexibility index (Phi) is 3.56. The highest BCUT2D eigenvalue weighted by molar-refractivity contribution is 14.1. The minimum absolute atomic E-state index is 0.339. The van der Waals surface area contributed by atoms with Gasteiger partial charge in [-0.1, -0.05) is 0 Å². The number of ether oxygens (including phenoxy) is 2. The van der Waals surface area contributed by atoms with Gasteiger partial charge in [0.1, 0.15) is 16.9 Å². The van der Waals surface area contributed by atoms with Crippen LogP contribution in [0.2, 0.25) is 0 Å². The Morgan fingerprint density at radius 2 is 2.24 bits per heavy atom. The van der Waals surface area contributed by atoms with Gasteiger partial charge in [-0.05, 0) is 25.1 Å². The van der Waals surface area contributed by atoms with Crippen LogP contribution in [0, 0.1) is 3.77 Å². The molecule has 0 spiro atoms. The number of hydrogen-bond donors (Lipinski definition) is 0. The Balaban J connectivity index is 2.60. The standard InChI is InChI=1S/C12H11IO4/c1-3-16-12(14)10-8-6-7(15-2)4-5-9(8)17-11(10)13/h4-6H,3H2,1-2H3. The van der Waals surface area contributed by atoms with Crippen molar-refractivity contribution in [2.45, 2.75) is 6.92 Å². The molecule has 2 aromatic rings. The fourth-order valence-electron chi connectivity index (χ4n) is 1.57. The second-order valence-electron chi connectivity index (χ2n) is 3.33. The molecular weight excluding hydrogens is 335 g/mol. The van der Waals surface area contributed by atoms with Gasteiger partial charge in [-0.3, -0.25) is 0 Å². The van der Waals surface area contributed by atoms with Gasteiger partial charge in [0.2, 0.25) is 0 Å². The van der Waals surface area contributed by atoms with Crippen molar-refractivity contribution in [3.05, 3.63) is 27.5 Å². The smallest absolute Gasteiger partial charge is 0.343 e. The van der Waals surface area contributed by atoms with Crippen LogP contribution in [-0.2, 0) is 4.74 Å². The number of benzene rings is 1. The van der Waals surface area contributed by atoms with Crippen molar-refractivity contribution < 1.29 is 18.7 Å². The third-order valence-corrected chi connectivity index (χ3v) is 3.09. The van der Waals surface area contributed by atoms with Crippen molar-refractivity contribution in [2.24, 2.45) is 0 Å². The average molecular weight is 346 g/mol. The van der Waals surface area contributed by atoms with E-state index in [0.717, 1.165) is 0 Å². The van der Waals surface area contributed by atoms with Crippen LogP contribution in [-0.4, -0.2) is 19.7 Å². The second kappa shape index (κ2) is 4.95. The summed E-state index contributed by atoms with van der Waals surface area (Å²) in [7, 11) is 1.58. The third kappa shape index (κ3) is 2.24. The van der Waals surface area contributed by atoms with Crippen molar-refractivity contribution in [2.75, 3.05) is 13.7 Å². The molecule has 0 fully saturated rings. The molecule has 0 unspecified atom stereocenters. The Hall–Kier alpha value is -1.24. The third-order valence-electron chi connectivity index (χ3n) is 2.33. The fourth-order valence-corrected chi connectivity index (χ4v) is 2.32. The SMILES string of the molecule is CCOC(=O)c1c(I)oc2ccc(OC)cc12. The van der Waals surface area contributed by atoms with E-state index in [-0.39, 0.29) is 5.97 Å². The lowest BCUT2D eigenvalue weighted by molar-refractivity contribution is 0.0526. The molecule has 0 atom stereocenters. The lowest BCUT2D eigenvalue weighted by Gasteiger charge is -2.01. The first-order chi connectivity index (χ1) is 8.17. The minimum Gasteiger partial charge on any atom is -0.497 e. The van der Waals surface area contributed by atoms with Crippen LogP contribution >= 0.6 is 22.6 Å². The lowest BCUT2D eigenvalue weighted by atomic mass is 10.1. The van der Waals surface area contributed by atoms with Crippen LogP contribution in [0.5, 0.6) is 5.75 Å². The molecule has 2 rings (SSSR count).